The molecule has 0 fully saturated rings. The average molecular weight is 1810 g/mol. The lowest BCUT2D eigenvalue weighted by Crippen LogP contribution is -2.76. The van der Waals surface area contributed by atoms with Gasteiger partial charge < -0.3 is 14.2 Å². The maximum absolute atomic E-state index is 6.81. The van der Waals surface area contributed by atoms with Gasteiger partial charge in [-0.1, -0.05) is 211 Å². The van der Waals surface area contributed by atoms with E-state index in [2.05, 4.69) is 487 Å². The van der Waals surface area contributed by atoms with Crippen LogP contribution in [0, 0.1) is 27.7 Å². The predicted octanol–water partition coefficient (Wildman–Crippen LogP) is 23.9. The summed E-state index contributed by atoms with van der Waals surface area (Å²) in [6.07, 6.45) is 22.5. The standard InChI is InChI=1S/C42H31N5O.C41H28N4O.C40H27N5O/c1-41(2,3)31-22-27(26-12-5-4-6-13-26)23-43-39(31)28-24-45-33-16-11-17-34-37(33)42(46(45)25-28)38-35(48-34)20-19-30-29-14-7-8-15-32(29)47(40(30)38)36-18-9-10-21-44(36)42;1-25-21-28(27-11-4-3-5-12-27)22-26(2)37(25)29-23-43-33-15-10-16-34-38(33)41(44(43)24-29)39-35(46-34)19-18-31-30-13-6-7-14-32(30)45(40(31)39)36-17-8-9-20-42(36)41;1-24-21-30(26-11-4-3-5-12-26)41-25(2)36(24)27-22-43-32-15-10-16-33-37(32)40(44(43)23-27)38-34(46-33)19-18-29-28-13-6-7-14-31(28)45(39(29)38)35-17-8-9-20-42(35)40/h4-25H,1-3H3;3-24H,1-2H3;3-23H,1-2H3/q3*+2. The first kappa shape index (κ1) is 77.3. The Morgan fingerprint density at radius 2 is 0.650 bits per heavy atom. The third kappa shape index (κ3) is 9.64. The van der Waals surface area contributed by atoms with Crippen LogP contribution in [-0.2, 0) is 22.4 Å². The van der Waals surface area contributed by atoms with Crippen LogP contribution in [0.3, 0.4) is 0 Å². The number of rotatable bonds is 6. The molecular weight excluding hydrogens is 1720 g/mol. The van der Waals surface area contributed by atoms with Gasteiger partial charge in [-0.3, -0.25) is 9.97 Å². The van der Waals surface area contributed by atoms with Gasteiger partial charge in [0, 0.05) is 79.1 Å². The SMILES string of the molecule is CC(C)(C)c1cc(-c2ccccc2)cnc1-c1cn2[n+](c1)C13c4c(cccc4-2)Oc2ccc4c5ccccc5n(c4c21)-c1cccc[n+]13.Cc1cc(-c2ccccc2)cc(C)c1-c1cn2[n+](c1)C13c4c(cccc4-2)Oc2ccc4c5ccccc5n(c4c21)-c1cccc[n+]13.Cc1cc(-c2ccccc2)nc(C)c1-c1cn2[n+](c1)C13c4c(cccc4-2)Oc2ccc4c5ccccc5n(c4c21)-c1cccc[n+]13. The number of fused-ring (bicyclic) bond motifs is 21. The highest BCUT2D eigenvalue weighted by molar-refractivity contribution is 6.14. The van der Waals surface area contributed by atoms with Gasteiger partial charge in [0.1, 0.15) is 84.8 Å². The second-order valence-corrected chi connectivity index (χ2v) is 39.6. The quantitative estimate of drug-likeness (QED) is 0.154. The predicted molar refractivity (Wildman–Crippen MR) is 542 cm³/mol. The van der Waals surface area contributed by atoms with Crippen LogP contribution >= 0.6 is 0 Å². The molecule has 140 heavy (non-hydrogen) atoms. The van der Waals surface area contributed by atoms with Gasteiger partial charge in [0.15, 0.2) is 33.2 Å². The van der Waals surface area contributed by atoms with E-state index in [-0.39, 0.29) is 5.41 Å². The Bertz CT molecular complexity index is 9330. The summed E-state index contributed by atoms with van der Waals surface area (Å²) >= 11 is 0. The molecule has 3 spiro atoms. The van der Waals surface area contributed by atoms with E-state index in [4.69, 9.17) is 24.2 Å². The first-order valence-corrected chi connectivity index (χ1v) is 48.1. The molecule has 3 unspecified atom stereocenters. The summed E-state index contributed by atoms with van der Waals surface area (Å²) in [4.78, 5) is 10.3. The molecule has 0 amide bonds. The Hall–Kier alpha value is -18.0. The van der Waals surface area contributed by atoms with E-state index in [1.54, 1.807) is 0 Å². The van der Waals surface area contributed by atoms with Crippen molar-refractivity contribution < 1.29 is 42.0 Å². The zero-order chi connectivity index (χ0) is 92.6. The smallest absolute Gasteiger partial charge is 0.397 e. The van der Waals surface area contributed by atoms with Crippen LogP contribution in [0.25, 0.3) is 167 Å². The third-order valence-electron chi connectivity index (χ3n) is 31.2. The number of pyridine rings is 5. The molecule has 0 aliphatic carbocycles. The van der Waals surface area contributed by atoms with Crippen LogP contribution in [0.5, 0.6) is 34.5 Å². The van der Waals surface area contributed by atoms with Crippen molar-refractivity contribution in [2.45, 2.75) is 70.9 Å². The Balaban J connectivity index is 0.0000000968. The Morgan fingerprint density at radius 3 is 1.06 bits per heavy atom. The van der Waals surface area contributed by atoms with Crippen molar-refractivity contribution in [1.82, 2.24) is 37.7 Å². The van der Waals surface area contributed by atoms with E-state index in [0.717, 1.165) is 136 Å². The fourth-order valence-electron chi connectivity index (χ4n) is 25.9. The van der Waals surface area contributed by atoms with Crippen molar-refractivity contribution in [3.8, 4) is 136 Å². The van der Waals surface area contributed by atoms with E-state index in [9.17, 15) is 0 Å². The molecule has 3 atom stereocenters. The average Bonchev–Trinajstić information content (AvgIpc) is 1.48. The molecule has 13 aromatic carbocycles. The first-order valence-electron chi connectivity index (χ1n) is 48.1. The number of hydrogen-bond donors (Lipinski definition) is 0. The molecule has 17 heteroatoms. The van der Waals surface area contributed by atoms with E-state index in [1.807, 2.05) is 12.3 Å². The molecule has 11 aromatic heterocycles. The van der Waals surface area contributed by atoms with E-state index < -0.39 is 17.0 Å². The zero-order valence-electron chi connectivity index (χ0n) is 77.5. The number of aromatic nitrogens is 14. The minimum Gasteiger partial charge on any atom is -0.456 e. The summed E-state index contributed by atoms with van der Waals surface area (Å²) in [5, 5.41) is 7.41. The molecule has 0 saturated heterocycles. The highest BCUT2D eigenvalue weighted by atomic mass is 16.5. The van der Waals surface area contributed by atoms with Crippen molar-refractivity contribution in [1.29, 1.82) is 0 Å². The van der Waals surface area contributed by atoms with Gasteiger partial charge >= 0.3 is 17.0 Å². The summed E-state index contributed by atoms with van der Waals surface area (Å²) < 4.78 is 49.3. The normalized spacial score (nSPS) is 16.4. The second-order valence-electron chi connectivity index (χ2n) is 39.6. The summed E-state index contributed by atoms with van der Waals surface area (Å²) in [5.41, 5.74) is 35.0. The summed E-state index contributed by atoms with van der Waals surface area (Å²) in [6, 6.07) is 119. The van der Waals surface area contributed by atoms with Gasteiger partial charge in [-0.15, -0.1) is 14.0 Å². The van der Waals surface area contributed by atoms with Crippen LogP contribution < -0.4 is 42.0 Å². The number of ether oxygens (including phenoxy) is 3. The lowest BCUT2D eigenvalue weighted by atomic mass is 9.83. The second kappa shape index (κ2) is 27.2. The summed E-state index contributed by atoms with van der Waals surface area (Å²) in [5.74, 6) is 8.67. The highest BCUT2D eigenvalue weighted by Gasteiger charge is 2.73. The van der Waals surface area contributed by atoms with Crippen LogP contribution in [0.4, 0.5) is 0 Å². The van der Waals surface area contributed by atoms with Gasteiger partial charge in [-0.2, -0.15) is 27.4 Å². The summed E-state index contributed by atoms with van der Waals surface area (Å²) in [6.45, 7) is 15.6. The molecule has 20 heterocycles. The number of benzene rings is 13. The molecular formula is C123H86N14O3+6. The zero-order valence-corrected chi connectivity index (χ0v) is 77.5. The molecule has 0 N–H and O–H groups in total. The summed E-state index contributed by atoms with van der Waals surface area (Å²) in [7, 11) is 0. The molecule has 33 rings (SSSR count). The van der Waals surface area contributed by atoms with Crippen LogP contribution in [0.1, 0.15) is 82.1 Å². The Kier molecular flexibility index (Phi) is 15.0. The largest absolute Gasteiger partial charge is 0.456 e. The van der Waals surface area contributed by atoms with Crippen molar-refractivity contribution in [3.05, 3.63) is 457 Å². The van der Waals surface area contributed by atoms with Crippen molar-refractivity contribution in [2.75, 3.05) is 0 Å². The Morgan fingerprint density at radius 1 is 0.293 bits per heavy atom. The maximum Gasteiger partial charge on any atom is 0.397 e. The first-order chi connectivity index (χ1) is 68.7. The lowest BCUT2D eigenvalue weighted by molar-refractivity contribution is -0.993. The van der Waals surface area contributed by atoms with Crippen LogP contribution in [-0.4, -0.2) is 37.7 Å². The number of nitrogens with zero attached hydrogens (tertiary/aromatic N) is 14. The fraction of sp³-hybridized carbons (Fsp3) is 0.0894. The van der Waals surface area contributed by atoms with Gasteiger partial charge in [0.25, 0.3) is 17.5 Å². The molecule has 0 radical (unpaired) electrons. The van der Waals surface area contributed by atoms with E-state index in [0.29, 0.717) is 0 Å². The van der Waals surface area contributed by atoms with Gasteiger partial charge in [-0.25, -0.2) is 0 Å². The maximum atomic E-state index is 6.81. The Labute approximate surface area is 803 Å². The van der Waals surface area contributed by atoms with Gasteiger partial charge in [-0.05, 0) is 217 Å². The van der Waals surface area contributed by atoms with Crippen molar-refractivity contribution >= 4 is 65.4 Å². The van der Waals surface area contributed by atoms with Crippen LogP contribution in [0.2, 0.25) is 0 Å². The fourth-order valence-corrected chi connectivity index (χ4v) is 25.9. The van der Waals surface area contributed by atoms with Crippen LogP contribution in [0.15, 0.2) is 396 Å². The van der Waals surface area contributed by atoms with E-state index in [1.165, 1.54) is 127 Å². The molecule has 660 valence electrons. The lowest BCUT2D eigenvalue weighted by Gasteiger charge is -2.32. The molecule has 9 aliphatic rings. The monoisotopic (exact) mass is 1810 g/mol. The van der Waals surface area contributed by atoms with Gasteiger partial charge in [0.2, 0.25) is 18.6 Å². The highest BCUT2D eigenvalue weighted by Crippen LogP contribution is 2.61. The molecule has 24 aromatic rings. The molecule has 17 nitrogen and oxygen atoms in total. The molecule has 9 aliphatic heterocycles. The minimum absolute atomic E-state index is 0.127. The van der Waals surface area contributed by atoms with Gasteiger partial charge in [0.05, 0.1) is 65.3 Å². The minimum atomic E-state index is -0.718. The topological polar surface area (TPSA) is 106 Å². The number of aryl methyl sites for hydroxylation is 4. The third-order valence-corrected chi connectivity index (χ3v) is 31.2. The molecule has 0 bridgehead atoms. The number of para-hydroxylation sites is 3. The number of hydrogen-bond acceptors (Lipinski definition) is 5. The molecule has 0 saturated carbocycles. The van der Waals surface area contributed by atoms with Crippen molar-refractivity contribution in [3.63, 3.8) is 0 Å². The van der Waals surface area contributed by atoms with Crippen molar-refractivity contribution in [2.24, 2.45) is 0 Å². The van der Waals surface area contributed by atoms with E-state index >= 15 is 0 Å².